The molecule has 0 atom stereocenters. The Morgan fingerprint density at radius 3 is 2.02 bits per heavy atom. The Morgan fingerprint density at radius 1 is 0.712 bits per heavy atom. The van der Waals surface area contributed by atoms with Gasteiger partial charge in [-0.15, -0.1) is 23.5 Å². The Labute approximate surface area is 317 Å². The Hall–Kier alpha value is -4.02. The number of nitrogens with zero attached hydrogens (tertiary/aromatic N) is 3. The topological polar surface area (TPSA) is 56.8 Å². The Morgan fingerprint density at radius 2 is 1.35 bits per heavy atom. The molecule has 1 aliphatic heterocycles. The van der Waals surface area contributed by atoms with Gasteiger partial charge < -0.3 is 9.32 Å². The largest absolute Gasteiger partial charge is 0.456 e. The molecule has 6 nitrogen and oxygen atoms in total. The maximum Gasteiger partial charge on any atom is 0.243 e. The van der Waals surface area contributed by atoms with E-state index in [2.05, 4.69) is 108 Å². The lowest BCUT2D eigenvalue weighted by Gasteiger charge is -2.23. The average Bonchev–Trinajstić information content (AvgIpc) is 3.17. The van der Waals surface area contributed by atoms with Crippen molar-refractivity contribution in [1.29, 1.82) is 0 Å². The van der Waals surface area contributed by atoms with Gasteiger partial charge >= 0.3 is 0 Å². The van der Waals surface area contributed by atoms with Gasteiger partial charge in [0.2, 0.25) is 15.4 Å². The summed E-state index contributed by atoms with van der Waals surface area (Å²) in [6.45, 7) is 6.36. The Bertz CT molecular complexity index is 2240. The Balaban J connectivity index is 1.38. The second-order valence-electron chi connectivity index (χ2n) is 12.8. The molecule has 0 amide bonds. The van der Waals surface area contributed by atoms with E-state index in [1.54, 1.807) is 6.07 Å². The van der Waals surface area contributed by atoms with Crippen molar-refractivity contribution in [3.63, 3.8) is 0 Å². The molecule has 0 bridgehead atoms. The van der Waals surface area contributed by atoms with Gasteiger partial charge in [0, 0.05) is 88.5 Å². The number of rotatable bonds is 16. The average molecular weight is 751 g/mol. The minimum atomic E-state index is -3.74. The summed E-state index contributed by atoms with van der Waals surface area (Å²) in [5.74, 6) is 2.78. The van der Waals surface area contributed by atoms with Gasteiger partial charge in [-0.2, -0.15) is 4.31 Å². The number of thioether (sulfide) groups is 2. The maximum atomic E-state index is 14.1. The zero-order chi connectivity index (χ0) is 36.5. The molecular formula is C43H48N3O3S3+. The summed E-state index contributed by atoms with van der Waals surface area (Å²) in [6, 6.07) is 41.0. The van der Waals surface area contributed by atoms with Crippen molar-refractivity contribution in [1.82, 2.24) is 8.88 Å². The molecule has 6 rings (SSSR count). The second kappa shape index (κ2) is 17.7. The zero-order valence-corrected chi connectivity index (χ0v) is 32.9. The molecule has 0 fully saturated rings. The van der Waals surface area contributed by atoms with Crippen LogP contribution in [0.15, 0.2) is 140 Å². The highest BCUT2D eigenvalue weighted by atomic mass is 32.2. The van der Waals surface area contributed by atoms with Crippen molar-refractivity contribution in [2.45, 2.75) is 41.4 Å². The zero-order valence-electron chi connectivity index (χ0n) is 30.5. The van der Waals surface area contributed by atoms with E-state index in [4.69, 9.17) is 4.42 Å². The number of fused-ring (bicyclic) bond motifs is 2. The fourth-order valence-electron chi connectivity index (χ4n) is 6.51. The van der Waals surface area contributed by atoms with Crippen LogP contribution in [-0.4, -0.2) is 64.5 Å². The van der Waals surface area contributed by atoms with E-state index in [1.807, 2.05) is 67.7 Å². The van der Waals surface area contributed by atoms with Crippen LogP contribution in [0.3, 0.4) is 0 Å². The number of sulfonamides is 1. The third kappa shape index (κ3) is 8.77. The quantitative estimate of drug-likeness (QED) is 0.0426. The van der Waals surface area contributed by atoms with Gasteiger partial charge in [-0.25, -0.2) is 13.0 Å². The first-order valence-corrected chi connectivity index (χ1v) is 21.4. The minimum Gasteiger partial charge on any atom is -0.456 e. The summed E-state index contributed by atoms with van der Waals surface area (Å²) in [5, 5.41) is 1.94. The first kappa shape index (κ1) is 37.7. The number of anilines is 1. The molecule has 270 valence electrons. The van der Waals surface area contributed by atoms with Gasteiger partial charge in [0.05, 0.1) is 11.0 Å². The van der Waals surface area contributed by atoms with E-state index in [0.717, 1.165) is 76.3 Å². The van der Waals surface area contributed by atoms with Crippen molar-refractivity contribution in [3.05, 3.63) is 127 Å². The van der Waals surface area contributed by atoms with Crippen LogP contribution in [0.1, 0.15) is 26.7 Å². The molecule has 9 heteroatoms. The summed E-state index contributed by atoms with van der Waals surface area (Å²) in [5.41, 5.74) is 4.20. The molecule has 0 saturated carbocycles. The Kier molecular flexibility index (Phi) is 12.8. The molecule has 4 aromatic rings. The molecule has 0 saturated heterocycles. The van der Waals surface area contributed by atoms with Gasteiger partial charge in [-0.1, -0.05) is 68.4 Å². The summed E-state index contributed by atoms with van der Waals surface area (Å²) in [6.07, 6.45) is 2.06. The summed E-state index contributed by atoms with van der Waals surface area (Å²) in [4.78, 5) is 5.14. The SMILES string of the molecule is CCN(CC)S(=O)(=O)c1ccccc1-c1c2ccc(=[N+](C)CCCSc3ccccc3)cc-2oc2cc(N(C)CCCSc3ccccc3)ccc12. The van der Waals surface area contributed by atoms with Crippen LogP contribution in [0.25, 0.3) is 33.4 Å². The normalized spacial score (nSPS) is 12.5. The van der Waals surface area contributed by atoms with E-state index in [-0.39, 0.29) is 0 Å². The highest BCUT2D eigenvalue weighted by Gasteiger charge is 2.28. The van der Waals surface area contributed by atoms with Gasteiger partial charge in [0.25, 0.3) is 0 Å². The molecular weight excluding hydrogens is 703 g/mol. The predicted molar refractivity (Wildman–Crippen MR) is 221 cm³/mol. The summed E-state index contributed by atoms with van der Waals surface area (Å²) < 4.78 is 38.7. The van der Waals surface area contributed by atoms with Crippen LogP contribution >= 0.6 is 23.5 Å². The fourth-order valence-corrected chi connectivity index (χ4v) is 9.88. The third-order valence-electron chi connectivity index (χ3n) is 9.35. The van der Waals surface area contributed by atoms with Crippen LogP contribution in [0.4, 0.5) is 5.69 Å². The van der Waals surface area contributed by atoms with Crippen LogP contribution < -0.4 is 14.8 Å². The molecule has 0 N–H and O–H groups in total. The van der Waals surface area contributed by atoms with Crippen LogP contribution in [0.2, 0.25) is 0 Å². The smallest absolute Gasteiger partial charge is 0.243 e. The van der Waals surface area contributed by atoms with Crippen molar-refractivity contribution < 1.29 is 12.8 Å². The molecule has 0 radical (unpaired) electrons. The number of hydrogen-bond donors (Lipinski definition) is 0. The van der Waals surface area contributed by atoms with Crippen molar-refractivity contribution >= 4 is 50.2 Å². The van der Waals surface area contributed by atoms with Gasteiger partial charge in [0.15, 0.2) is 0 Å². The van der Waals surface area contributed by atoms with Crippen molar-refractivity contribution in [2.24, 2.45) is 0 Å². The van der Waals surface area contributed by atoms with Gasteiger partial charge in [0.1, 0.15) is 24.9 Å². The van der Waals surface area contributed by atoms with Crippen molar-refractivity contribution in [3.8, 4) is 22.5 Å². The molecule has 52 heavy (non-hydrogen) atoms. The molecule has 4 aromatic carbocycles. The van der Waals surface area contributed by atoms with E-state index < -0.39 is 10.0 Å². The summed E-state index contributed by atoms with van der Waals surface area (Å²) >= 11 is 3.75. The van der Waals surface area contributed by atoms with E-state index >= 15 is 0 Å². The standard InChI is InChI=1S/C43H48N3O3S3/c1-5-46(6-2)52(47,48)42-22-14-13-21-39(42)43-37-25-23-33(44(3)27-15-29-50-35-17-9-7-10-18-35)31-40(37)49-41-32-34(24-26-38(41)43)45(4)28-16-30-51-36-19-11-8-12-20-36/h7-14,17-26,31-32H,5-6,15-16,27-30H2,1-4H3/q+1. The molecule has 1 heterocycles. The first-order chi connectivity index (χ1) is 25.3. The first-order valence-electron chi connectivity index (χ1n) is 18.0. The molecule has 2 aliphatic rings. The lowest BCUT2D eigenvalue weighted by molar-refractivity contribution is 0.445. The van der Waals surface area contributed by atoms with E-state index in [0.29, 0.717) is 23.5 Å². The van der Waals surface area contributed by atoms with Crippen LogP contribution in [0, 0.1) is 0 Å². The third-order valence-corrected chi connectivity index (χ3v) is 13.7. The minimum absolute atomic E-state index is 0.307. The molecule has 0 unspecified atom stereocenters. The van der Waals surface area contributed by atoms with Gasteiger partial charge in [-0.3, -0.25) is 0 Å². The monoisotopic (exact) mass is 750 g/mol. The predicted octanol–water partition coefficient (Wildman–Crippen LogP) is 9.44. The fraction of sp³-hybridized carbons (Fsp3) is 0.279. The second-order valence-corrected chi connectivity index (χ2v) is 17.0. The summed E-state index contributed by atoms with van der Waals surface area (Å²) in [7, 11) is 0.489. The van der Waals surface area contributed by atoms with E-state index in [1.165, 1.54) is 14.1 Å². The van der Waals surface area contributed by atoms with Crippen LogP contribution in [-0.2, 0) is 10.0 Å². The van der Waals surface area contributed by atoms with E-state index in [9.17, 15) is 8.42 Å². The highest BCUT2D eigenvalue weighted by Crippen LogP contribution is 2.43. The lowest BCUT2D eigenvalue weighted by Crippen LogP contribution is -2.31. The van der Waals surface area contributed by atoms with Gasteiger partial charge in [-0.05, 0) is 60.7 Å². The van der Waals surface area contributed by atoms with Crippen molar-refractivity contribution in [2.75, 3.05) is 56.7 Å². The van der Waals surface area contributed by atoms with Crippen LogP contribution in [0.5, 0.6) is 0 Å². The maximum absolute atomic E-state index is 14.1. The molecule has 1 aliphatic carbocycles. The number of hydrogen-bond acceptors (Lipinski definition) is 6. The highest BCUT2D eigenvalue weighted by molar-refractivity contribution is 7.99. The molecule has 0 aromatic heterocycles. The number of benzene rings is 5. The lowest BCUT2D eigenvalue weighted by atomic mass is 9.93. The molecule has 0 spiro atoms.